The molecule has 18 heavy (non-hydrogen) atoms. The Balaban J connectivity index is 1.46. The monoisotopic (exact) mass is 245 g/mol. The lowest BCUT2D eigenvalue weighted by molar-refractivity contribution is 0.328. The highest BCUT2D eigenvalue weighted by atomic mass is 15.3. The van der Waals surface area contributed by atoms with Crippen LogP contribution in [0.3, 0.4) is 0 Å². The third-order valence-electron chi connectivity index (χ3n) is 4.74. The summed E-state index contributed by atoms with van der Waals surface area (Å²) >= 11 is 0. The van der Waals surface area contributed by atoms with Crippen LogP contribution in [-0.2, 0) is 13.5 Å². The van der Waals surface area contributed by atoms with Crippen LogP contribution in [-0.4, -0.2) is 22.4 Å². The zero-order valence-corrected chi connectivity index (χ0v) is 11.3. The van der Waals surface area contributed by atoms with Crippen molar-refractivity contribution in [3.8, 4) is 0 Å². The minimum atomic E-state index is 0.637. The Morgan fingerprint density at radius 2 is 2.33 bits per heavy atom. The lowest BCUT2D eigenvalue weighted by Crippen LogP contribution is -2.36. The van der Waals surface area contributed by atoms with E-state index in [9.17, 15) is 0 Å². The van der Waals surface area contributed by atoms with Gasteiger partial charge in [-0.05, 0) is 43.6 Å². The van der Waals surface area contributed by atoms with Gasteiger partial charge < -0.3 is 5.32 Å². The Bertz CT molecular complexity index is 435. The van der Waals surface area contributed by atoms with Crippen LogP contribution < -0.4 is 5.32 Å². The predicted molar refractivity (Wildman–Crippen MR) is 73.2 cm³/mol. The van der Waals surface area contributed by atoms with Crippen LogP contribution in [0, 0.1) is 17.8 Å². The summed E-state index contributed by atoms with van der Waals surface area (Å²) < 4.78 is 1.96. The molecule has 1 fully saturated rings. The third kappa shape index (κ3) is 2.24. The van der Waals surface area contributed by atoms with Crippen LogP contribution in [0.1, 0.15) is 25.5 Å². The minimum absolute atomic E-state index is 0.637. The van der Waals surface area contributed by atoms with Crippen molar-refractivity contribution in [2.24, 2.45) is 24.8 Å². The second kappa shape index (κ2) is 4.88. The summed E-state index contributed by atoms with van der Waals surface area (Å²) in [5.41, 5.74) is 1.31. The fraction of sp³-hybridized carbons (Fsp3) is 0.667. The first-order valence-corrected chi connectivity index (χ1v) is 7.12. The van der Waals surface area contributed by atoms with Crippen LogP contribution in [0.15, 0.2) is 24.4 Å². The van der Waals surface area contributed by atoms with Crippen molar-refractivity contribution in [2.45, 2.75) is 32.2 Å². The van der Waals surface area contributed by atoms with Crippen LogP contribution in [0.4, 0.5) is 0 Å². The Hall–Kier alpha value is -1.09. The van der Waals surface area contributed by atoms with Gasteiger partial charge in [-0.15, -0.1) is 0 Å². The molecule has 1 heterocycles. The van der Waals surface area contributed by atoms with Gasteiger partial charge in [0.2, 0.25) is 0 Å². The van der Waals surface area contributed by atoms with E-state index in [1.165, 1.54) is 18.5 Å². The first-order valence-electron chi connectivity index (χ1n) is 7.12. The van der Waals surface area contributed by atoms with Gasteiger partial charge in [0.1, 0.15) is 0 Å². The average molecular weight is 245 g/mol. The molecule has 2 bridgehead atoms. The van der Waals surface area contributed by atoms with Gasteiger partial charge in [-0.3, -0.25) is 4.68 Å². The minimum Gasteiger partial charge on any atom is -0.314 e. The molecule has 3 nitrogen and oxygen atoms in total. The molecule has 98 valence electrons. The van der Waals surface area contributed by atoms with E-state index in [0.29, 0.717) is 6.04 Å². The molecule has 0 radical (unpaired) electrons. The van der Waals surface area contributed by atoms with Gasteiger partial charge in [-0.25, -0.2) is 0 Å². The zero-order valence-electron chi connectivity index (χ0n) is 11.3. The highest BCUT2D eigenvalue weighted by Gasteiger charge is 2.38. The number of fused-ring (bicyclic) bond motifs is 2. The number of hydrogen-bond acceptors (Lipinski definition) is 2. The van der Waals surface area contributed by atoms with Crippen molar-refractivity contribution >= 4 is 0 Å². The Labute approximate surface area is 109 Å². The van der Waals surface area contributed by atoms with E-state index in [0.717, 1.165) is 30.7 Å². The second-order valence-electron chi connectivity index (χ2n) is 5.88. The van der Waals surface area contributed by atoms with Gasteiger partial charge >= 0.3 is 0 Å². The molecule has 0 aliphatic heterocycles. The van der Waals surface area contributed by atoms with E-state index in [1.54, 1.807) is 0 Å². The molecule has 2 aliphatic rings. The number of hydrogen-bond donors (Lipinski definition) is 1. The molecule has 0 saturated heterocycles. The van der Waals surface area contributed by atoms with Crippen molar-refractivity contribution < 1.29 is 0 Å². The van der Waals surface area contributed by atoms with Crippen LogP contribution in [0.25, 0.3) is 0 Å². The third-order valence-corrected chi connectivity index (χ3v) is 4.74. The number of rotatable bonds is 5. The molecular formula is C15H23N3. The first-order chi connectivity index (χ1) is 8.74. The lowest BCUT2D eigenvalue weighted by Gasteiger charge is -2.26. The number of aromatic nitrogens is 2. The van der Waals surface area contributed by atoms with Gasteiger partial charge in [0.05, 0.1) is 0 Å². The van der Waals surface area contributed by atoms with Gasteiger partial charge in [-0.2, -0.15) is 5.10 Å². The Morgan fingerprint density at radius 3 is 2.94 bits per heavy atom. The molecule has 1 N–H and O–H groups in total. The molecule has 1 aromatic rings. The van der Waals surface area contributed by atoms with E-state index in [1.807, 2.05) is 17.9 Å². The first kappa shape index (κ1) is 12.0. The molecular weight excluding hydrogens is 222 g/mol. The molecule has 3 rings (SSSR count). The highest BCUT2D eigenvalue weighted by Crippen LogP contribution is 2.44. The Morgan fingerprint density at radius 1 is 1.44 bits per heavy atom. The number of aryl methyl sites for hydroxylation is 1. The summed E-state index contributed by atoms with van der Waals surface area (Å²) in [7, 11) is 2.01. The topological polar surface area (TPSA) is 29.9 Å². The fourth-order valence-electron chi connectivity index (χ4n) is 3.62. The van der Waals surface area contributed by atoms with Crippen molar-refractivity contribution in [1.82, 2.24) is 15.1 Å². The van der Waals surface area contributed by atoms with Crippen LogP contribution >= 0.6 is 0 Å². The summed E-state index contributed by atoms with van der Waals surface area (Å²) in [6.07, 6.45) is 10.6. The molecule has 1 saturated carbocycles. The van der Waals surface area contributed by atoms with Crippen molar-refractivity contribution in [3.63, 3.8) is 0 Å². The summed E-state index contributed by atoms with van der Waals surface area (Å²) in [5, 5.41) is 7.90. The summed E-state index contributed by atoms with van der Waals surface area (Å²) in [6, 6.07) is 2.74. The van der Waals surface area contributed by atoms with Crippen LogP contribution in [0.5, 0.6) is 0 Å². The second-order valence-corrected chi connectivity index (χ2v) is 5.88. The maximum absolute atomic E-state index is 4.20. The summed E-state index contributed by atoms with van der Waals surface area (Å²) in [4.78, 5) is 0. The molecule has 0 spiro atoms. The number of nitrogens with one attached hydrogen (secondary N) is 1. The van der Waals surface area contributed by atoms with Gasteiger partial charge in [0.25, 0.3) is 0 Å². The molecule has 0 aromatic carbocycles. The normalized spacial score (nSPS) is 31.1. The number of allylic oxidation sites excluding steroid dienone is 2. The molecule has 1 aromatic heterocycles. The predicted octanol–water partition coefficient (Wildman–Crippen LogP) is 2.15. The lowest BCUT2D eigenvalue weighted by atomic mass is 9.87. The van der Waals surface area contributed by atoms with E-state index < -0.39 is 0 Å². The Kier molecular flexibility index (Phi) is 3.25. The summed E-state index contributed by atoms with van der Waals surface area (Å²) in [6.45, 7) is 3.40. The van der Waals surface area contributed by atoms with Gasteiger partial charge in [0.15, 0.2) is 0 Å². The number of nitrogens with zero attached hydrogens (tertiary/aromatic N) is 2. The average Bonchev–Trinajstić information content (AvgIpc) is 3.06. The molecule has 3 heteroatoms. The highest BCUT2D eigenvalue weighted by molar-refractivity contribution is 5.11. The van der Waals surface area contributed by atoms with Crippen LogP contribution in [0.2, 0.25) is 0 Å². The maximum Gasteiger partial charge on any atom is 0.0492 e. The largest absolute Gasteiger partial charge is 0.314 e. The molecule has 4 atom stereocenters. The zero-order chi connectivity index (χ0) is 12.5. The van der Waals surface area contributed by atoms with E-state index in [4.69, 9.17) is 0 Å². The standard InChI is InChI=1S/C15H23N3/c1-11(15-10-12-3-4-13(15)9-12)16-7-5-14-6-8-17-18(14)2/h3-4,6,8,11-13,15-16H,5,7,9-10H2,1-2H3. The smallest absolute Gasteiger partial charge is 0.0492 e. The SMILES string of the molecule is CC(NCCc1ccnn1C)C1CC2C=CC1C2. The van der Waals surface area contributed by atoms with Gasteiger partial charge in [0, 0.05) is 37.9 Å². The van der Waals surface area contributed by atoms with Crippen molar-refractivity contribution in [2.75, 3.05) is 6.54 Å². The van der Waals surface area contributed by atoms with E-state index in [-0.39, 0.29) is 0 Å². The fourth-order valence-corrected chi connectivity index (χ4v) is 3.62. The quantitative estimate of drug-likeness (QED) is 0.806. The molecule has 4 unspecified atom stereocenters. The van der Waals surface area contributed by atoms with E-state index in [2.05, 4.69) is 35.6 Å². The van der Waals surface area contributed by atoms with E-state index >= 15 is 0 Å². The molecule has 2 aliphatic carbocycles. The van der Waals surface area contributed by atoms with Gasteiger partial charge in [-0.1, -0.05) is 12.2 Å². The van der Waals surface area contributed by atoms with Crippen molar-refractivity contribution in [3.05, 3.63) is 30.1 Å². The molecule has 0 amide bonds. The maximum atomic E-state index is 4.20. The van der Waals surface area contributed by atoms with Crippen molar-refractivity contribution in [1.29, 1.82) is 0 Å². The summed E-state index contributed by atoms with van der Waals surface area (Å²) in [5.74, 6) is 2.57.